The second kappa shape index (κ2) is 4.02. The van der Waals surface area contributed by atoms with Crippen LogP contribution in [0.2, 0.25) is 0 Å². The first-order valence-corrected chi connectivity index (χ1v) is 5.12. The molecule has 1 aromatic heterocycles. The van der Waals surface area contributed by atoms with Gasteiger partial charge in [-0.15, -0.1) is 0 Å². The number of aliphatic hydroxyl groups excluding tert-OH is 1. The van der Waals surface area contributed by atoms with Gasteiger partial charge in [0.25, 0.3) is 5.91 Å². The molecule has 1 atom stereocenters. The van der Waals surface area contributed by atoms with Crippen LogP contribution in [0.4, 0.5) is 0 Å². The van der Waals surface area contributed by atoms with Gasteiger partial charge in [-0.1, -0.05) is 0 Å². The van der Waals surface area contributed by atoms with E-state index in [-0.39, 0.29) is 18.6 Å². The summed E-state index contributed by atoms with van der Waals surface area (Å²) < 4.78 is 1.75. The van der Waals surface area contributed by atoms with Crippen molar-refractivity contribution in [2.45, 2.75) is 18.9 Å². The maximum atomic E-state index is 12.0. The van der Waals surface area contributed by atoms with Crippen molar-refractivity contribution in [2.24, 2.45) is 7.05 Å². The minimum Gasteiger partial charge on any atom is -0.394 e. The second-order valence-corrected chi connectivity index (χ2v) is 3.90. The molecule has 1 amide bonds. The van der Waals surface area contributed by atoms with Crippen molar-refractivity contribution < 1.29 is 9.90 Å². The number of aryl methyl sites for hydroxylation is 1. The number of aromatic nitrogens is 2. The summed E-state index contributed by atoms with van der Waals surface area (Å²) >= 11 is 0. The molecule has 1 fully saturated rings. The highest BCUT2D eigenvalue weighted by molar-refractivity contribution is 5.92. The fourth-order valence-corrected chi connectivity index (χ4v) is 1.96. The number of likely N-dealkylation sites (tertiary alicyclic amines) is 1. The summed E-state index contributed by atoms with van der Waals surface area (Å²) in [7, 11) is 1.83. The number of imidazole rings is 1. The van der Waals surface area contributed by atoms with Crippen molar-refractivity contribution in [1.82, 2.24) is 14.5 Å². The average molecular weight is 209 g/mol. The van der Waals surface area contributed by atoms with Gasteiger partial charge in [-0.05, 0) is 12.8 Å². The summed E-state index contributed by atoms with van der Waals surface area (Å²) in [6.45, 7) is 0.763. The number of carbonyl (C=O) groups excluding carboxylic acids is 1. The van der Waals surface area contributed by atoms with E-state index in [0.29, 0.717) is 5.69 Å². The van der Waals surface area contributed by atoms with Crippen molar-refractivity contribution in [3.8, 4) is 0 Å². The summed E-state index contributed by atoms with van der Waals surface area (Å²) in [4.78, 5) is 17.7. The molecule has 1 unspecified atom stereocenters. The Bertz CT molecular complexity index is 361. The highest BCUT2D eigenvalue weighted by Gasteiger charge is 2.29. The standard InChI is InChI=1S/C10H15N3O2/c1-12-5-9(11-7-12)10(15)13-4-2-3-8(13)6-14/h5,7-8,14H,2-4,6H2,1H3. The van der Waals surface area contributed by atoms with E-state index in [1.54, 1.807) is 22.0 Å². The normalized spacial score (nSPS) is 20.9. The molecule has 2 heterocycles. The van der Waals surface area contributed by atoms with Crippen LogP contribution in [0.5, 0.6) is 0 Å². The largest absolute Gasteiger partial charge is 0.394 e. The van der Waals surface area contributed by atoms with Gasteiger partial charge in [0.2, 0.25) is 0 Å². The van der Waals surface area contributed by atoms with Gasteiger partial charge in [0.15, 0.2) is 0 Å². The molecule has 1 aliphatic rings. The lowest BCUT2D eigenvalue weighted by molar-refractivity contribution is 0.0672. The molecule has 1 aromatic rings. The third-order valence-corrected chi connectivity index (χ3v) is 2.77. The third kappa shape index (κ3) is 1.87. The molecule has 82 valence electrons. The first-order valence-electron chi connectivity index (χ1n) is 5.12. The zero-order valence-electron chi connectivity index (χ0n) is 8.76. The Kier molecular flexibility index (Phi) is 2.73. The molecule has 0 saturated carbocycles. The molecular weight excluding hydrogens is 194 g/mol. The van der Waals surface area contributed by atoms with Crippen LogP contribution in [0.1, 0.15) is 23.3 Å². The summed E-state index contributed by atoms with van der Waals surface area (Å²) in [5, 5.41) is 9.12. The highest BCUT2D eigenvalue weighted by atomic mass is 16.3. The quantitative estimate of drug-likeness (QED) is 0.747. The molecule has 5 nitrogen and oxygen atoms in total. The van der Waals surface area contributed by atoms with E-state index in [2.05, 4.69) is 4.98 Å². The lowest BCUT2D eigenvalue weighted by Gasteiger charge is -2.21. The van der Waals surface area contributed by atoms with Crippen molar-refractivity contribution in [2.75, 3.05) is 13.2 Å². The van der Waals surface area contributed by atoms with E-state index >= 15 is 0 Å². The fraction of sp³-hybridized carbons (Fsp3) is 0.600. The number of nitrogens with zero attached hydrogens (tertiary/aromatic N) is 3. The average Bonchev–Trinajstić information content (AvgIpc) is 2.84. The number of hydrogen-bond acceptors (Lipinski definition) is 3. The molecule has 1 saturated heterocycles. The molecule has 1 aliphatic heterocycles. The Labute approximate surface area is 88.3 Å². The van der Waals surface area contributed by atoms with Crippen LogP contribution in [0.25, 0.3) is 0 Å². The van der Waals surface area contributed by atoms with E-state index in [9.17, 15) is 4.79 Å². The van der Waals surface area contributed by atoms with Gasteiger partial charge in [-0.25, -0.2) is 4.98 Å². The fourth-order valence-electron chi connectivity index (χ4n) is 1.96. The lowest BCUT2D eigenvalue weighted by Crippen LogP contribution is -2.37. The lowest BCUT2D eigenvalue weighted by atomic mass is 10.2. The van der Waals surface area contributed by atoms with Crippen LogP contribution in [-0.4, -0.2) is 44.7 Å². The zero-order valence-corrected chi connectivity index (χ0v) is 8.76. The summed E-state index contributed by atoms with van der Waals surface area (Å²) in [5.74, 6) is -0.0767. The molecule has 0 spiro atoms. The van der Waals surface area contributed by atoms with Gasteiger partial charge >= 0.3 is 0 Å². The summed E-state index contributed by atoms with van der Waals surface area (Å²) in [6.07, 6.45) is 5.16. The maximum Gasteiger partial charge on any atom is 0.274 e. The Morgan fingerprint density at radius 2 is 2.53 bits per heavy atom. The van der Waals surface area contributed by atoms with E-state index in [1.807, 2.05) is 7.05 Å². The number of hydrogen-bond donors (Lipinski definition) is 1. The van der Waals surface area contributed by atoms with Crippen molar-refractivity contribution in [1.29, 1.82) is 0 Å². The molecule has 0 bridgehead atoms. The van der Waals surface area contributed by atoms with E-state index in [0.717, 1.165) is 19.4 Å². The van der Waals surface area contributed by atoms with Crippen LogP contribution in [0.3, 0.4) is 0 Å². The zero-order chi connectivity index (χ0) is 10.8. The SMILES string of the molecule is Cn1cnc(C(=O)N2CCCC2CO)c1. The number of aliphatic hydroxyl groups is 1. The number of rotatable bonds is 2. The maximum absolute atomic E-state index is 12.0. The van der Waals surface area contributed by atoms with Crippen molar-refractivity contribution in [3.63, 3.8) is 0 Å². The monoisotopic (exact) mass is 209 g/mol. The molecule has 2 rings (SSSR count). The minimum absolute atomic E-state index is 0.0282. The first-order chi connectivity index (χ1) is 7.22. The van der Waals surface area contributed by atoms with Gasteiger partial charge in [0.1, 0.15) is 5.69 Å². The smallest absolute Gasteiger partial charge is 0.274 e. The van der Waals surface area contributed by atoms with Crippen LogP contribution in [0, 0.1) is 0 Å². The first kappa shape index (κ1) is 10.2. The number of amides is 1. The summed E-state index contributed by atoms with van der Waals surface area (Å²) in [5.41, 5.74) is 0.456. The van der Waals surface area contributed by atoms with Crippen LogP contribution < -0.4 is 0 Å². The van der Waals surface area contributed by atoms with Gasteiger partial charge in [0.05, 0.1) is 19.0 Å². The third-order valence-electron chi connectivity index (χ3n) is 2.77. The van der Waals surface area contributed by atoms with E-state index in [4.69, 9.17) is 5.11 Å². The van der Waals surface area contributed by atoms with E-state index < -0.39 is 0 Å². The molecular formula is C10H15N3O2. The van der Waals surface area contributed by atoms with Gasteiger partial charge in [0, 0.05) is 19.8 Å². The Morgan fingerprint density at radius 3 is 3.13 bits per heavy atom. The van der Waals surface area contributed by atoms with Crippen LogP contribution in [0.15, 0.2) is 12.5 Å². The molecule has 5 heteroatoms. The van der Waals surface area contributed by atoms with Crippen molar-refractivity contribution in [3.05, 3.63) is 18.2 Å². The van der Waals surface area contributed by atoms with Gasteiger partial charge < -0.3 is 14.6 Å². The minimum atomic E-state index is -0.0767. The molecule has 0 radical (unpaired) electrons. The van der Waals surface area contributed by atoms with Crippen molar-refractivity contribution >= 4 is 5.91 Å². The topological polar surface area (TPSA) is 58.4 Å². The molecule has 0 aromatic carbocycles. The van der Waals surface area contributed by atoms with Gasteiger partial charge in [-0.2, -0.15) is 0 Å². The Hall–Kier alpha value is -1.36. The molecule has 15 heavy (non-hydrogen) atoms. The highest BCUT2D eigenvalue weighted by Crippen LogP contribution is 2.18. The predicted molar refractivity (Wildman–Crippen MR) is 54.4 cm³/mol. The van der Waals surface area contributed by atoms with Crippen LogP contribution >= 0.6 is 0 Å². The Morgan fingerprint density at radius 1 is 1.73 bits per heavy atom. The van der Waals surface area contributed by atoms with Crippen LogP contribution in [-0.2, 0) is 7.05 Å². The summed E-state index contributed by atoms with van der Waals surface area (Å²) in [6, 6.07) is -0.0282. The van der Waals surface area contributed by atoms with Gasteiger partial charge in [-0.3, -0.25) is 4.79 Å². The predicted octanol–water partition coefficient (Wildman–Crippen LogP) is 0.0170. The van der Waals surface area contributed by atoms with E-state index in [1.165, 1.54) is 0 Å². The second-order valence-electron chi connectivity index (χ2n) is 3.90. The molecule has 1 N–H and O–H groups in total. The molecule has 0 aliphatic carbocycles. The number of carbonyl (C=O) groups is 1. The Balaban J connectivity index is 2.13.